The fourth-order valence-corrected chi connectivity index (χ4v) is 4.21. The molecule has 1 aromatic carbocycles. The summed E-state index contributed by atoms with van der Waals surface area (Å²) in [5.41, 5.74) is 5.54. The molecule has 0 unspecified atom stereocenters. The van der Waals surface area contributed by atoms with Crippen LogP contribution in [0.3, 0.4) is 0 Å². The first-order valence-corrected chi connectivity index (χ1v) is 11.9. The number of hydrogen-bond acceptors (Lipinski definition) is 7. The fourth-order valence-electron chi connectivity index (χ4n) is 3.47. The highest BCUT2D eigenvalue weighted by Gasteiger charge is 2.23. The Hall–Kier alpha value is -2.83. The largest absolute Gasteiger partial charge is 0.471 e. The number of nitrogens with two attached hydrogens (primary N) is 1. The second-order valence-electron chi connectivity index (χ2n) is 7.75. The van der Waals surface area contributed by atoms with E-state index in [2.05, 4.69) is 19.9 Å². The molecule has 1 aromatic heterocycles. The Labute approximate surface area is 200 Å². The minimum absolute atomic E-state index is 0.0255. The molecule has 12 heteroatoms. The number of rotatable bonds is 11. The second kappa shape index (κ2) is 12.6. The first-order valence-electron chi connectivity index (χ1n) is 11.1. The first-order chi connectivity index (χ1) is 16.4. The molecule has 2 heterocycles. The van der Waals surface area contributed by atoms with Crippen LogP contribution in [0.15, 0.2) is 12.1 Å². The van der Waals surface area contributed by atoms with E-state index in [4.69, 9.17) is 15.2 Å². The van der Waals surface area contributed by atoms with Gasteiger partial charge in [0.2, 0.25) is 5.88 Å². The van der Waals surface area contributed by atoms with Crippen LogP contribution in [0.2, 0.25) is 0 Å². The Bertz CT molecular complexity index is 998. The molecular formula is C22H29F2N5O4S. The van der Waals surface area contributed by atoms with Crippen LogP contribution in [0, 0.1) is 11.6 Å². The summed E-state index contributed by atoms with van der Waals surface area (Å²) < 4.78 is 43.0. The maximum absolute atomic E-state index is 14.2. The molecule has 0 saturated carbocycles. The molecule has 0 aliphatic carbocycles. The highest BCUT2D eigenvalue weighted by Crippen LogP contribution is 2.31. The van der Waals surface area contributed by atoms with Crippen LogP contribution in [0.5, 0.6) is 5.88 Å². The summed E-state index contributed by atoms with van der Waals surface area (Å²) in [7, 11) is 0. The van der Waals surface area contributed by atoms with E-state index >= 15 is 0 Å². The van der Waals surface area contributed by atoms with E-state index in [-0.39, 0.29) is 34.2 Å². The van der Waals surface area contributed by atoms with Crippen molar-refractivity contribution < 1.29 is 27.8 Å². The molecule has 3 rings (SSSR count). The number of primary amides is 1. The Morgan fingerprint density at radius 3 is 2.62 bits per heavy atom. The van der Waals surface area contributed by atoms with Gasteiger partial charge in [-0.1, -0.05) is 19.1 Å². The lowest BCUT2D eigenvalue weighted by atomic mass is 10.1. The van der Waals surface area contributed by atoms with Crippen molar-refractivity contribution >= 4 is 28.5 Å². The zero-order chi connectivity index (χ0) is 24.5. The monoisotopic (exact) mass is 497 g/mol. The summed E-state index contributed by atoms with van der Waals surface area (Å²) in [5.74, 6) is -2.96. The summed E-state index contributed by atoms with van der Waals surface area (Å²) in [6.45, 7) is 6.11. The summed E-state index contributed by atoms with van der Waals surface area (Å²) in [5, 5.41) is 5.39. The van der Waals surface area contributed by atoms with Gasteiger partial charge in [0.15, 0.2) is 11.6 Å². The second-order valence-corrected chi connectivity index (χ2v) is 8.53. The lowest BCUT2D eigenvalue weighted by Crippen LogP contribution is -2.37. The van der Waals surface area contributed by atoms with Gasteiger partial charge in [0, 0.05) is 25.2 Å². The number of aryl methyl sites for hydroxylation is 1. The van der Waals surface area contributed by atoms with Crippen LogP contribution in [0.1, 0.15) is 41.3 Å². The van der Waals surface area contributed by atoms with E-state index in [0.717, 1.165) is 57.2 Å². The molecule has 0 spiro atoms. The highest BCUT2D eigenvalue weighted by molar-refractivity contribution is 7.11. The number of benzene rings is 1. The maximum Gasteiger partial charge on any atom is 0.319 e. The lowest BCUT2D eigenvalue weighted by molar-refractivity contribution is 0.0372. The predicted octanol–water partition coefficient (Wildman–Crippen LogP) is 2.90. The van der Waals surface area contributed by atoms with E-state index in [0.29, 0.717) is 13.0 Å². The molecule has 0 bridgehead atoms. The van der Waals surface area contributed by atoms with Gasteiger partial charge in [-0.2, -0.15) is 4.37 Å². The van der Waals surface area contributed by atoms with E-state index in [9.17, 15) is 18.4 Å². The topological polar surface area (TPSA) is 119 Å². The molecule has 1 fully saturated rings. The molecule has 1 aliphatic heterocycles. The van der Waals surface area contributed by atoms with E-state index in [1.165, 1.54) is 12.1 Å². The predicted molar refractivity (Wildman–Crippen MR) is 124 cm³/mol. The van der Waals surface area contributed by atoms with Crippen molar-refractivity contribution in [2.75, 3.05) is 44.7 Å². The van der Waals surface area contributed by atoms with Crippen LogP contribution in [0.4, 0.5) is 18.6 Å². The first kappa shape index (κ1) is 25.8. The van der Waals surface area contributed by atoms with E-state index in [1.54, 1.807) is 6.92 Å². The SMILES string of the molecule is CCc1ccc(COc2nsc(NC(=O)NCCCCN3CCOCC3)c2C(N)=O)c(F)c1F. The average molecular weight is 498 g/mol. The third-order valence-electron chi connectivity index (χ3n) is 5.41. The Kier molecular flexibility index (Phi) is 9.54. The Morgan fingerprint density at radius 2 is 1.91 bits per heavy atom. The molecule has 2 aromatic rings. The summed E-state index contributed by atoms with van der Waals surface area (Å²) in [6.07, 6.45) is 2.08. The van der Waals surface area contributed by atoms with Crippen LogP contribution < -0.4 is 21.1 Å². The molecule has 9 nitrogen and oxygen atoms in total. The van der Waals surface area contributed by atoms with Crippen molar-refractivity contribution in [3.8, 4) is 5.88 Å². The molecule has 0 atom stereocenters. The Morgan fingerprint density at radius 1 is 1.21 bits per heavy atom. The number of carbonyl (C=O) groups excluding carboxylic acids is 2. The molecule has 1 aliphatic rings. The van der Waals surface area contributed by atoms with Gasteiger partial charge in [0.1, 0.15) is 17.2 Å². The molecule has 34 heavy (non-hydrogen) atoms. The zero-order valence-electron chi connectivity index (χ0n) is 19.0. The number of nitrogens with zero attached hydrogens (tertiary/aromatic N) is 2. The number of carbonyl (C=O) groups is 2. The summed E-state index contributed by atoms with van der Waals surface area (Å²) in [4.78, 5) is 26.5. The van der Waals surface area contributed by atoms with Crippen molar-refractivity contribution in [3.05, 3.63) is 40.5 Å². The van der Waals surface area contributed by atoms with Crippen LogP contribution in [-0.2, 0) is 17.8 Å². The average Bonchev–Trinajstić information content (AvgIpc) is 3.23. The molecule has 4 N–H and O–H groups in total. The van der Waals surface area contributed by atoms with Gasteiger partial charge >= 0.3 is 6.03 Å². The third-order valence-corrected chi connectivity index (χ3v) is 6.16. The van der Waals surface area contributed by atoms with Crippen LogP contribution in [0.25, 0.3) is 0 Å². The molecule has 186 valence electrons. The number of ether oxygens (including phenoxy) is 2. The van der Waals surface area contributed by atoms with Gasteiger partial charge in [-0.05, 0) is 42.9 Å². The van der Waals surface area contributed by atoms with Crippen molar-refractivity contribution in [1.82, 2.24) is 14.6 Å². The number of aromatic nitrogens is 1. The smallest absolute Gasteiger partial charge is 0.319 e. The normalized spacial score (nSPS) is 14.1. The van der Waals surface area contributed by atoms with E-state index < -0.39 is 23.6 Å². The summed E-state index contributed by atoms with van der Waals surface area (Å²) >= 11 is 0.810. The van der Waals surface area contributed by atoms with Gasteiger partial charge in [0.25, 0.3) is 5.91 Å². The fraction of sp³-hybridized carbons (Fsp3) is 0.500. The van der Waals surface area contributed by atoms with Gasteiger partial charge in [-0.25, -0.2) is 13.6 Å². The minimum Gasteiger partial charge on any atom is -0.471 e. The van der Waals surface area contributed by atoms with Crippen LogP contribution >= 0.6 is 11.5 Å². The lowest BCUT2D eigenvalue weighted by Gasteiger charge is -2.26. The van der Waals surface area contributed by atoms with E-state index in [1.807, 2.05) is 0 Å². The van der Waals surface area contributed by atoms with Crippen molar-refractivity contribution in [3.63, 3.8) is 0 Å². The highest BCUT2D eigenvalue weighted by atomic mass is 32.1. The van der Waals surface area contributed by atoms with Crippen molar-refractivity contribution in [2.45, 2.75) is 32.8 Å². The molecule has 3 amide bonds. The maximum atomic E-state index is 14.2. The third kappa shape index (κ3) is 6.84. The quantitative estimate of drug-likeness (QED) is 0.411. The van der Waals surface area contributed by atoms with Crippen molar-refractivity contribution in [2.24, 2.45) is 5.73 Å². The van der Waals surface area contributed by atoms with Gasteiger partial charge in [0.05, 0.1) is 13.2 Å². The summed E-state index contributed by atoms with van der Waals surface area (Å²) in [6, 6.07) is 2.39. The molecular weight excluding hydrogens is 468 g/mol. The Balaban J connectivity index is 1.50. The van der Waals surface area contributed by atoms with Crippen LogP contribution in [-0.4, -0.2) is 60.6 Å². The number of hydrogen-bond donors (Lipinski definition) is 3. The number of nitrogens with one attached hydrogen (secondary N) is 2. The molecule has 0 radical (unpaired) electrons. The number of unbranched alkanes of at least 4 members (excludes halogenated alkanes) is 1. The molecule has 1 saturated heterocycles. The number of urea groups is 1. The zero-order valence-corrected chi connectivity index (χ0v) is 19.8. The van der Waals surface area contributed by atoms with Gasteiger partial charge < -0.3 is 20.5 Å². The minimum atomic E-state index is -1.01. The van der Waals surface area contributed by atoms with Gasteiger partial charge in [-0.15, -0.1) is 0 Å². The number of halogens is 2. The number of anilines is 1. The number of morpholine rings is 1. The number of amides is 3. The standard InChI is InChI=1S/C22H29F2N5O4S/c1-2-14-5-6-15(18(24)17(14)23)13-33-20-16(19(25)30)21(34-28-20)27-22(31)26-7-3-4-8-29-9-11-32-12-10-29/h5-6H,2-4,7-13H2,1H3,(H2,25,30)(H2,26,27,31). The van der Waals surface area contributed by atoms with Crippen molar-refractivity contribution in [1.29, 1.82) is 0 Å². The van der Waals surface area contributed by atoms with Gasteiger partial charge in [-0.3, -0.25) is 15.0 Å².